The standard InChI is InChI=1S/C17H32N2O2/c1-13(2)9-16-12-21-8-7-19(16)17(20)18-11-15-6-4-5-14(3)10-15/h13-16H,4-12H2,1-3H3,(H,18,20)/t14-,15+,16+/m0/s1. The molecule has 0 radical (unpaired) electrons. The second-order valence-corrected chi connectivity index (χ2v) is 7.38. The van der Waals surface area contributed by atoms with Crippen LogP contribution in [-0.2, 0) is 4.74 Å². The monoisotopic (exact) mass is 296 g/mol. The number of morpholine rings is 1. The van der Waals surface area contributed by atoms with Crippen LogP contribution < -0.4 is 5.32 Å². The highest BCUT2D eigenvalue weighted by Crippen LogP contribution is 2.28. The van der Waals surface area contributed by atoms with E-state index in [1.165, 1.54) is 25.7 Å². The summed E-state index contributed by atoms with van der Waals surface area (Å²) in [6.45, 7) is 9.66. The molecule has 0 bridgehead atoms. The average Bonchev–Trinajstić information content (AvgIpc) is 2.45. The van der Waals surface area contributed by atoms with Gasteiger partial charge in [0.05, 0.1) is 19.3 Å². The largest absolute Gasteiger partial charge is 0.377 e. The molecule has 2 fully saturated rings. The van der Waals surface area contributed by atoms with E-state index < -0.39 is 0 Å². The highest BCUT2D eigenvalue weighted by atomic mass is 16.5. The van der Waals surface area contributed by atoms with Crippen LogP contribution in [0.3, 0.4) is 0 Å². The van der Waals surface area contributed by atoms with Crippen LogP contribution in [0.5, 0.6) is 0 Å². The van der Waals surface area contributed by atoms with E-state index in [9.17, 15) is 4.79 Å². The van der Waals surface area contributed by atoms with E-state index >= 15 is 0 Å². The maximum absolute atomic E-state index is 12.5. The van der Waals surface area contributed by atoms with Crippen LogP contribution in [0, 0.1) is 17.8 Å². The lowest BCUT2D eigenvalue weighted by Gasteiger charge is -2.37. The van der Waals surface area contributed by atoms with E-state index in [2.05, 4.69) is 26.1 Å². The summed E-state index contributed by atoms with van der Waals surface area (Å²) < 4.78 is 5.55. The summed E-state index contributed by atoms with van der Waals surface area (Å²) in [5, 5.41) is 3.18. The Labute approximate surface area is 129 Å². The fourth-order valence-corrected chi connectivity index (χ4v) is 3.74. The van der Waals surface area contributed by atoms with Crippen molar-refractivity contribution in [3.8, 4) is 0 Å². The van der Waals surface area contributed by atoms with Crippen molar-refractivity contribution in [3.63, 3.8) is 0 Å². The van der Waals surface area contributed by atoms with E-state index in [0.29, 0.717) is 25.0 Å². The Bertz CT molecular complexity index is 333. The lowest BCUT2D eigenvalue weighted by molar-refractivity contribution is 0.00530. The molecule has 3 atom stereocenters. The molecule has 122 valence electrons. The third-order valence-electron chi connectivity index (χ3n) is 4.82. The van der Waals surface area contributed by atoms with Gasteiger partial charge < -0.3 is 15.0 Å². The minimum Gasteiger partial charge on any atom is -0.377 e. The predicted molar refractivity (Wildman–Crippen MR) is 85.3 cm³/mol. The summed E-state index contributed by atoms with van der Waals surface area (Å²) in [7, 11) is 0. The van der Waals surface area contributed by atoms with Gasteiger partial charge in [0, 0.05) is 13.1 Å². The molecule has 4 heteroatoms. The van der Waals surface area contributed by atoms with Gasteiger partial charge in [-0.25, -0.2) is 4.79 Å². The smallest absolute Gasteiger partial charge is 0.317 e. The van der Waals surface area contributed by atoms with Gasteiger partial charge in [0.15, 0.2) is 0 Å². The molecular formula is C17H32N2O2. The molecule has 4 nitrogen and oxygen atoms in total. The van der Waals surface area contributed by atoms with E-state index in [-0.39, 0.29) is 12.1 Å². The molecule has 2 aliphatic rings. The zero-order valence-electron chi connectivity index (χ0n) is 13.9. The molecule has 1 saturated heterocycles. The van der Waals surface area contributed by atoms with Gasteiger partial charge in [0.25, 0.3) is 0 Å². The Hall–Kier alpha value is -0.770. The summed E-state index contributed by atoms with van der Waals surface area (Å²) in [6, 6.07) is 0.353. The zero-order valence-corrected chi connectivity index (χ0v) is 13.9. The summed E-state index contributed by atoms with van der Waals surface area (Å²) in [5.74, 6) is 2.08. The molecule has 2 rings (SSSR count). The molecule has 0 aromatic heterocycles. The molecule has 2 amide bonds. The molecular weight excluding hydrogens is 264 g/mol. The molecule has 0 aromatic carbocycles. The Balaban J connectivity index is 1.80. The highest BCUT2D eigenvalue weighted by Gasteiger charge is 2.28. The van der Waals surface area contributed by atoms with Gasteiger partial charge in [-0.3, -0.25) is 0 Å². The third kappa shape index (κ3) is 5.17. The number of ether oxygens (including phenoxy) is 1. The van der Waals surface area contributed by atoms with Gasteiger partial charge in [-0.15, -0.1) is 0 Å². The van der Waals surface area contributed by atoms with Crippen LogP contribution in [-0.4, -0.2) is 43.3 Å². The van der Waals surface area contributed by atoms with Gasteiger partial charge in [0.1, 0.15) is 0 Å². The number of hydrogen-bond donors (Lipinski definition) is 1. The molecule has 1 saturated carbocycles. The Morgan fingerprint density at radius 1 is 1.38 bits per heavy atom. The molecule has 1 N–H and O–H groups in total. The molecule has 1 aliphatic heterocycles. The van der Waals surface area contributed by atoms with Gasteiger partial charge in [-0.05, 0) is 37.0 Å². The molecule has 21 heavy (non-hydrogen) atoms. The first-order valence-electron chi connectivity index (χ1n) is 8.68. The van der Waals surface area contributed by atoms with Crippen LogP contribution in [0.2, 0.25) is 0 Å². The lowest BCUT2D eigenvalue weighted by Crippen LogP contribution is -2.53. The molecule has 0 spiro atoms. The van der Waals surface area contributed by atoms with Crippen LogP contribution >= 0.6 is 0 Å². The Morgan fingerprint density at radius 3 is 2.90 bits per heavy atom. The topological polar surface area (TPSA) is 41.6 Å². The molecule has 1 aliphatic carbocycles. The van der Waals surface area contributed by atoms with Crippen molar-refractivity contribution in [2.45, 2.75) is 58.9 Å². The molecule has 1 heterocycles. The van der Waals surface area contributed by atoms with E-state index in [0.717, 1.165) is 25.4 Å². The van der Waals surface area contributed by atoms with Gasteiger partial charge in [0.2, 0.25) is 0 Å². The summed E-state index contributed by atoms with van der Waals surface area (Å²) in [4.78, 5) is 14.5. The minimum atomic E-state index is 0.113. The number of nitrogens with zero attached hydrogens (tertiary/aromatic N) is 1. The SMILES string of the molecule is CC(C)C[C@@H]1COCCN1C(=O)NC[C@@H]1CCC[C@H](C)C1. The minimum absolute atomic E-state index is 0.113. The summed E-state index contributed by atoms with van der Waals surface area (Å²) in [6.07, 6.45) is 6.22. The first-order chi connectivity index (χ1) is 10.1. The third-order valence-corrected chi connectivity index (χ3v) is 4.82. The summed E-state index contributed by atoms with van der Waals surface area (Å²) >= 11 is 0. The first-order valence-corrected chi connectivity index (χ1v) is 8.68. The van der Waals surface area contributed by atoms with Crippen molar-refractivity contribution in [2.75, 3.05) is 26.3 Å². The van der Waals surface area contributed by atoms with Crippen molar-refractivity contribution in [1.82, 2.24) is 10.2 Å². The van der Waals surface area contributed by atoms with Crippen molar-refractivity contribution in [2.24, 2.45) is 17.8 Å². The maximum atomic E-state index is 12.5. The normalized spacial score (nSPS) is 30.5. The number of amides is 2. The van der Waals surface area contributed by atoms with Crippen LogP contribution in [0.4, 0.5) is 4.79 Å². The number of nitrogens with one attached hydrogen (secondary N) is 1. The van der Waals surface area contributed by atoms with E-state index in [1.54, 1.807) is 0 Å². The number of carbonyl (C=O) groups excluding carboxylic acids is 1. The first kappa shape index (κ1) is 16.6. The van der Waals surface area contributed by atoms with Gasteiger partial charge >= 0.3 is 6.03 Å². The second-order valence-electron chi connectivity index (χ2n) is 7.38. The van der Waals surface area contributed by atoms with E-state index in [4.69, 9.17) is 4.74 Å². The Morgan fingerprint density at radius 2 is 2.19 bits per heavy atom. The average molecular weight is 296 g/mol. The number of rotatable bonds is 4. The second kappa shape index (κ2) is 8.02. The predicted octanol–water partition coefficient (Wildman–Crippen LogP) is 3.27. The zero-order chi connectivity index (χ0) is 15.2. The number of urea groups is 1. The van der Waals surface area contributed by atoms with Crippen LogP contribution in [0.15, 0.2) is 0 Å². The molecule has 0 aromatic rings. The van der Waals surface area contributed by atoms with Crippen molar-refractivity contribution >= 4 is 6.03 Å². The van der Waals surface area contributed by atoms with Crippen molar-refractivity contribution in [1.29, 1.82) is 0 Å². The van der Waals surface area contributed by atoms with Gasteiger partial charge in [-0.2, -0.15) is 0 Å². The van der Waals surface area contributed by atoms with Crippen molar-refractivity contribution < 1.29 is 9.53 Å². The Kier molecular flexibility index (Phi) is 6.34. The highest BCUT2D eigenvalue weighted by molar-refractivity contribution is 5.74. The summed E-state index contributed by atoms with van der Waals surface area (Å²) in [5.41, 5.74) is 0. The van der Waals surface area contributed by atoms with E-state index in [1.807, 2.05) is 4.90 Å². The van der Waals surface area contributed by atoms with Crippen LogP contribution in [0.25, 0.3) is 0 Å². The fraction of sp³-hybridized carbons (Fsp3) is 0.941. The number of hydrogen-bond acceptors (Lipinski definition) is 2. The van der Waals surface area contributed by atoms with Gasteiger partial charge in [-0.1, -0.05) is 33.6 Å². The molecule has 0 unspecified atom stereocenters. The lowest BCUT2D eigenvalue weighted by atomic mass is 9.82. The quantitative estimate of drug-likeness (QED) is 0.865. The fourth-order valence-electron chi connectivity index (χ4n) is 3.74. The number of carbonyl (C=O) groups is 1. The maximum Gasteiger partial charge on any atom is 0.317 e. The van der Waals surface area contributed by atoms with Crippen LogP contribution in [0.1, 0.15) is 52.9 Å². The van der Waals surface area contributed by atoms with Crippen molar-refractivity contribution in [3.05, 3.63) is 0 Å².